The van der Waals surface area contributed by atoms with Crippen LogP contribution in [0.4, 0.5) is 0 Å². The highest BCUT2D eigenvalue weighted by atomic mass is 16.7. The number of ketones is 1. The first-order chi connectivity index (χ1) is 8.98. The minimum absolute atomic E-state index is 0.369. The van der Waals surface area contributed by atoms with Crippen LogP contribution >= 0.6 is 0 Å². The normalized spacial score (nSPS) is 34.4. The van der Waals surface area contributed by atoms with E-state index in [1.807, 2.05) is 0 Å². The van der Waals surface area contributed by atoms with Crippen molar-refractivity contribution in [2.24, 2.45) is 0 Å². The summed E-state index contributed by atoms with van der Waals surface area (Å²) in [6, 6.07) is 8.25. The van der Waals surface area contributed by atoms with Gasteiger partial charge in [0.2, 0.25) is 5.79 Å². The number of aliphatic hydroxyl groups is 4. The van der Waals surface area contributed by atoms with E-state index in [9.17, 15) is 20.1 Å². The third-order valence-corrected chi connectivity index (χ3v) is 3.21. The maximum atomic E-state index is 12.0. The van der Waals surface area contributed by atoms with Crippen molar-refractivity contribution >= 4 is 5.78 Å². The number of ether oxygens (including phenoxy) is 1. The molecule has 0 bridgehead atoms. The molecule has 0 unspecified atom stereocenters. The van der Waals surface area contributed by atoms with Crippen molar-refractivity contribution in [3.8, 4) is 0 Å². The molecular formula is C13H16O6. The highest BCUT2D eigenvalue weighted by molar-refractivity contribution is 5.96. The number of rotatable bonds is 4. The minimum Gasteiger partial charge on any atom is -0.394 e. The molecule has 0 aromatic heterocycles. The summed E-state index contributed by atoms with van der Waals surface area (Å²) in [7, 11) is 0. The number of aliphatic hydroxyl groups excluding tert-OH is 3. The average molecular weight is 268 g/mol. The van der Waals surface area contributed by atoms with Crippen molar-refractivity contribution in [1.82, 2.24) is 0 Å². The predicted molar refractivity (Wildman–Crippen MR) is 64.3 cm³/mol. The van der Waals surface area contributed by atoms with Crippen LogP contribution in [0.15, 0.2) is 30.3 Å². The van der Waals surface area contributed by atoms with Gasteiger partial charge in [-0.1, -0.05) is 30.3 Å². The van der Waals surface area contributed by atoms with Gasteiger partial charge in [-0.25, -0.2) is 0 Å². The zero-order valence-corrected chi connectivity index (χ0v) is 10.1. The van der Waals surface area contributed by atoms with Gasteiger partial charge in [0.05, 0.1) is 13.0 Å². The topological polar surface area (TPSA) is 107 Å². The van der Waals surface area contributed by atoms with Crippen molar-refractivity contribution in [1.29, 1.82) is 0 Å². The molecule has 0 aliphatic carbocycles. The number of Topliss-reactive ketones (excluding diaryl/α,β-unsaturated/α-hetero) is 1. The Bertz CT molecular complexity index is 448. The lowest BCUT2D eigenvalue weighted by molar-refractivity contribution is -0.227. The SMILES string of the molecule is O=C(C[C@@]1(O)O[C@H](CO)[C@H](O)[C@H]1O)c1ccccc1. The third-order valence-electron chi connectivity index (χ3n) is 3.21. The zero-order chi connectivity index (χ0) is 14.0. The van der Waals surface area contributed by atoms with Gasteiger partial charge in [-0.05, 0) is 0 Å². The third kappa shape index (κ3) is 2.68. The molecule has 19 heavy (non-hydrogen) atoms. The van der Waals surface area contributed by atoms with Crippen LogP contribution in [0.3, 0.4) is 0 Å². The molecule has 4 N–H and O–H groups in total. The fourth-order valence-corrected chi connectivity index (χ4v) is 2.12. The molecule has 0 radical (unpaired) electrons. The van der Waals surface area contributed by atoms with Crippen LogP contribution < -0.4 is 0 Å². The highest BCUT2D eigenvalue weighted by Crippen LogP contribution is 2.32. The van der Waals surface area contributed by atoms with Crippen LogP contribution in [0.25, 0.3) is 0 Å². The summed E-state index contributed by atoms with van der Waals surface area (Å²) < 4.78 is 5.00. The summed E-state index contributed by atoms with van der Waals surface area (Å²) in [6.07, 6.45) is -4.68. The van der Waals surface area contributed by atoms with Gasteiger partial charge >= 0.3 is 0 Å². The first-order valence-corrected chi connectivity index (χ1v) is 5.93. The van der Waals surface area contributed by atoms with Gasteiger partial charge in [0, 0.05) is 5.56 Å². The van der Waals surface area contributed by atoms with Gasteiger partial charge in [-0.15, -0.1) is 0 Å². The van der Waals surface area contributed by atoms with E-state index in [2.05, 4.69) is 0 Å². The summed E-state index contributed by atoms with van der Waals surface area (Å²) in [5, 5.41) is 38.3. The van der Waals surface area contributed by atoms with Crippen LogP contribution in [0.5, 0.6) is 0 Å². The van der Waals surface area contributed by atoms with Gasteiger partial charge in [0.15, 0.2) is 5.78 Å². The molecule has 1 fully saturated rings. The lowest BCUT2D eigenvalue weighted by Crippen LogP contribution is -2.44. The fourth-order valence-electron chi connectivity index (χ4n) is 2.12. The van der Waals surface area contributed by atoms with Crippen LogP contribution in [-0.4, -0.2) is 56.9 Å². The first-order valence-electron chi connectivity index (χ1n) is 5.93. The minimum atomic E-state index is -2.18. The molecule has 1 aliphatic heterocycles. The van der Waals surface area contributed by atoms with E-state index < -0.39 is 42.9 Å². The van der Waals surface area contributed by atoms with E-state index in [0.717, 1.165) is 0 Å². The Morgan fingerprint density at radius 3 is 2.42 bits per heavy atom. The van der Waals surface area contributed by atoms with E-state index in [-0.39, 0.29) is 0 Å². The quantitative estimate of drug-likeness (QED) is 0.525. The predicted octanol–water partition coefficient (Wildman–Crippen LogP) is -0.939. The Kier molecular flexibility index (Phi) is 3.98. The van der Waals surface area contributed by atoms with Crippen molar-refractivity contribution < 1.29 is 30.0 Å². The van der Waals surface area contributed by atoms with Crippen molar-refractivity contribution in [3.05, 3.63) is 35.9 Å². The summed E-state index contributed by atoms with van der Waals surface area (Å²) in [5.41, 5.74) is 0.369. The number of benzene rings is 1. The molecule has 6 heteroatoms. The van der Waals surface area contributed by atoms with Crippen LogP contribution in [-0.2, 0) is 4.74 Å². The van der Waals surface area contributed by atoms with Crippen molar-refractivity contribution in [2.75, 3.05) is 6.61 Å². The Hall–Kier alpha value is -1.31. The molecule has 104 valence electrons. The molecule has 1 aromatic rings. The lowest BCUT2D eigenvalue weighted by Gasteiger charge is -2.25. The van der Waals surface area contributed by atoms with Gasteiger partial charge in [0.25, 0.3) is 0 Å². The van der Waals surface area contributed by atoms with Crippen molar-refractivity contribution in [2.45, 2.75) is 30.5 Å². The molecule has 0 amide bonds. The van der Waals surface area contributed by atoms with E-state index in [0.29, 0.717) is 5.56 Å². The molecule has 1 aromatic carbocycles. The Labute approximate surface area is 109 Å². The van der Waals surface area contributed by atoms with Crippen LogP contribution in [0.2, 0.25) is 0 Å². The summed E-state index contributed by atoms with van der Waals surface area (Å²) in [6.45, 7) is -0.555. The Morgan fingerprint density at radius 2 is 1.89 bits per heavy atom. The van der Waals surface area contributed by atoms with Gasteiger partial charge in [-0.2, -0.15) is 0 Å². The van der Waals surface area contributed by atoms with Gasteiger partial charge < -0.3 is 25.2 Å². The van der Waals surface area contributed by atoms with Gasteiger partial charge in [0.1, 0.15) is 18.3 Å². The lowest BCUT2D eigenvalue weighted by atomic mass is 9.97. The average Bonchev–Trinajstić information content (AvgIpc) is 2.64. The molecule has 0 spiro atoms. The standard InChI is InChI=1S/C13H16O6/c14-7-10-11(16)12(17)13(18,19-10)6-9(15)8-4-2-1-3-5-8/h1-5,10-12,14,16-18H,6-7H2/t10-,11+,12-,13-/m1/s1. The smallest absolute Gasteiger partial charge is 0.202 e. The number of hydrogen-bond donors (Lipinski definition) is 4. The Morgan fingerprint density at radius 1 is 1.26 bits per heavy atom. The van der Waals surface area contributed by atoms with Crippen LogP contribution in [0, 0.1) is 0 Å². The second kappa shape index (κ2) is 5.36. The number of carbonyl (C=O) groups excluding carboxylic acids is 1. The van der Waals surface area contributed by atoms with Gasteiger partial charge in [-0.3, -0.25) is 4.79 Å². The fraction of sp³-hybridized carbons (Fsp3) is 0.462. The summed E-state index contributed by atoms with van der Waals surface area (Å²) in [5.74, 6) is -2.60. The molecule has 4 atom stereocenters. The van der Waals surface area contributed by atoms with E-state index >= 15 is 0 Å². The first kappa shape index (κ1) is 14.1. The highest BCUT2D eigenvalue weighted by Gasteiger charge is 2.53. The number of hydrogen-bond acceptors (Lipinski definition) is 6. The second-order valence-electron chi connectivity index (χ2n) is 4.59. The maximum Gasteiger partial charge on any atom is 0.202 e. The van der Waals surface area contributed by atoms with E-state index in [4.69, 9.17) is 9.84 Å². The molecule has 2 rings (SSSR count). The van der Waals surface area contributed by atoms with Crippen molar-refractivity contribution in [3.63, 3.8) is 0 Å². The molecule has 1 heterocycles. The monoisotopic (exact) mass is 268 g/mol. The molecule has 1 saturated heterocycles. The van der Waals surface area contributed by atoms with E-state index in [1.165, 1.54) is 0 Å². The molecular weight excluding hydrogens is 252 g/mol. The number of carbonyl (C=O) groups is 1. The zero-order valence-electron chi connectivity index (χ0n) is 10.1. The summed E-state index contributed by atoms with van der Waals surface area (Å²) >= 11 is 0. The molecule has 6 nitrogen and oxygen atoms in total. The molecule has 0 saturated carbocycles. The second-order valence-corrected chi connectivity index (χ2v) is 4.59. The Balaban J connectivity index is 2.12. The summed E-state index contributed by atoms with van der Waals surface area (Å²) in [4.78, 5) is 12.0. The largest absolute Gasteiger partial charge is 0.394 e. The maximum absolute atomic E-state index is 12.0. The molecule has 1 aliphatic rings. The van der Waals surface area contributed by atoms with E-state index in [1.54, 1.807) is 30.3 Å². The van der Waals surface area contributed by atoms with Crippen LogP contribution in [0.1, 0.15) is 16.8 Å².